The summed E-state index contributed by atoms with van der Waals surface area (Å²) in [5, 5.41) is 5.93. The zero-order chi connectivity index (χ0) is 30.8. The molecule has 0 saturated heterocycles. The summed E-state index contributed by atoms with van der Waals surface area (Å²) < 4.78 is 26.6. The third-order valence-electron chi connectivity index (χ3n) is 8.63. The zero-order valence-electron chi connectivity index (χ0n) is 25.5. The molecular weight excluding hydrogens is 589 g/mol. The first kappa shape index (κ1) is 29.2. The molecule has 2 aromatic carbocycles. The molecule has 2 aliphatic rings. The topological polar surface area (TPSA) is 81.4 Å². The van der Waals surface area contributed by atoms with E-state index in [0.717, 1.165) is 64.3 Å². The fourth-order valence-electron chi connectivity index (χ4n) is 6.25. The average Bonchev–Trinajstić information content (AvgIpc) is 3.82. The lowest BCUT2D eigenvalue weighted by Gasteiger charge is -2.25. The molecule has 45 heavy (non-hydrogen) atoms. The van der Waals surface area contributed by atoms with Crippen LogP contribution in [0.15, 0.2) is 67.1 Å². The second-order valence-corrected chi connectivity index (χ2v) is 12.7. The van der Waals surface area contributed by atoms with Gasteiger partial charge in [-0.3, -0.25) is 9.58 Å². The number of hydrogen-bond donors (Lipinski definition) is 0. The highest BCUT2D eigenvalue weighted by atomic mass is 32.1. The number of rotatable bonds is 10. The molecule has 0 amide bonds. The Morgan fingerprint density at radius 3 is 2.27 bits per heavy atom. The van der Waals surface area contributed by atoms with Gasteiger partial charge in [0, 0.05) is 30.6 Å². The highest BCUT2D eigenvalue weighted by Gasteiger charge is 2.30. The zero-order valence-corrected chi connectivity index (χ0v) is 26.3. The van der Waals surface area contributed by atoms with Crippen LogP contribution in [0.3, 0.4) is 0 Å². The Kier molecular flexibility index (Phi) is 8.34. The van der Waals surface area contributed by atoms with Crippen molar-refractivity contribution in [3.8, 4) is 22.8 Å². The van der Waals surface area contributed by atoms with Crippen LogP contribution in [-0.2, 0) is 19.5 Å². The number of nitrogens with zero attached hydrogens (tertiary/aromatic N) is 7. The largest absolute Gasteiger partial charge is 0.497 e. The molecule has 232 valence electrons. The van der Waals surface area contributed by atoms with Gasteiger partial charge in [-0.2, -0.15) is 5.10 Å². The van der Waals surface area contributed by atoms with E-state index in [2.05, 4.69) is 33.2 Å². The molecule has 11 heteroatoms. The quantitative estimate of drug-likeness (QED) is 0.166. The molecule has 0 unspecified atom stereocenters. The predicted octanol–water partition coefficient (Wildman–Crippen LogP) is 6.89. The molecule has 1 aliphatic heterocycles. The van der Waals surface area contributed by atoms with E-state index in [1.165, 1.54) is 43.0 Å². The maximum absolute atomic E-state index is 13.8. The molecule has 1 fully saturated rings. The second kappa shape index (κ2) is 12.8. The number of ether oxygens (including phenoxy) is 2. The van der Waals surface area contributed by atoms with Crippen LogP contribution in [-0.4, -0.2) is 52.0 Å². The van der Waals surface area contributed by atoms with Crippen LogP contribution in [0.4, 0.5) is 21.3 Å². The maximum atomic E-state index is 13.8. The van der Waals surface area contributed by atoms with Gasteiger partial charge in [0.1, 0.15) is 11.5 Å². The Morgan fingerprint density at radius 2 is 1.60 bits per heavy atom. The van der Waals surface area contributed by atoms with Crippen LogP contribution in [0.2, 0.25) is 0 Å². The van der Waals surface area contributed by atoms with Gasteiger partial charge in [0.2, 0.25) is 5.95 Å². The predicted molar refractivity (Wildman–Crippen MR) is 174 cm³/mol. The third-order valence-corrected chi connectivity index (χ3v) is 9.77. The Balaban J connectivity index is 1.26. The van der Waals surface area contributed by atoms with E-state index in [9.17, 15) is 4.39 Å². The molecule has 0 spiro atoms. The molecule has 3 aromatic heterocycles. The third kappa shape index (κ3) is 6.35. The average molecular weight is 626 g/mol. The minimum atomic E-state index is -0.477. The van der Waals surface area contributed by atoms with Gasteiger partial charge in [0.05, 0.1) is 51.0 Å². The van der Waals surface area contributed by atoms with Gasteiger partial charge in [-0.15, -0.1) is 11.3 Å². The molecule has 7 rings (SSSR count). The van der Waals surface area contributed by atoms with Crippen LogP contribution in [0.25, 0.3) is 11.3 Å². The number of thiazole rings is 1. The van der Waals surface area contributed by atoms with Crippen LogP contribution in [0.1, 0.15) is 41.7 Å². The number of fused-ring (bicyclic) bond motifs is 3. The van der Waals surface area contributed by atoms with Crippen LogP contribution >= 0.6 is 11.3 Å². The molecule has 0 radical (unpaired) electrons. The normalized spacial score (nSPS) is 14.6. The first-order chi connectivity index (χ1) is 22.1. The molecule has 1 saturated carbocycles. The van der Waals surface area contributed by atoms with Gasteiger partial charge in [0.25, 0.3) is 0 Å². The molecule has 9 nitrogen and oxygen atoms in total. The van der Waals surface area contributed by atoms with Crippen LogP contribution in [0.5, 0.6) is 11.5 Å². The van der Waals surface area contributed by atoms with E-state index in [-0.39, 0.29) is 0 Å². The molecule has 0 N–H and O–H groups in total. The van der Waals surface area contributed by atoms with Gasteiger partial charge in [-0.05, 0) is 54.2 Å². The van der Waals surface area contributed by atoms with Gasteiger partial charge in [-0.1, -0.05) is 37.1 Å². The van der Waals surface area contributed by atoms with Crippen LogP contribution < -0.4 is 19.3 Å². The lowest BCUT2D eigenvalue weighted by Crippen LogP contribution is -2.30. The monoisotopic (exact) mass is 625 g/mol. The number of methoxy groups -OCH3 is 2. The van der Waals surface area contributed by atoms with E-state index in [4.69, 9.17) is 19.6 Å². The summed E-state index contributed by atoms with van der Waals surface area (Å²) in [6, 6.07) is 16.0. The summed E-state index contributed by atoms with van der Waals surface area (Å²) in [6.07, 6.45) is 10.6. The lowest BCUT2D eigenvalue weighted by atomic mass is 10.1. The van der Waals surface area contributed by atoms with Crippen molar-refractivity contribution in [3.05, 3.63) is 88.9 Å². The molecule has 0 bridgehead atoms. The second-order valence-electron chi connectivity index (χ2n) is 11.7. The van der Waals surface area contributed by atoms with Crippen molar-refractivity contribution in [3.63, 3.8) is 0 Å². The molecule has 5 aromatic rings. The number of aromatic nitrogens is 5. The highest BCUT2D eigenvalue weighted by Crippen LogP contribution is 2.42. The first-order valence-corrected chi connectivity index (χ1v) is 16.2. The number of halogens is 1. The SMILES string of the molecule is COc1ccc(CN(c2ncc(F)cn2)c2nc3c(s2)CCN(CC2CCCC2)c2nn(Cc4ccc(OC)cc4)cc2-3)cc1. The van der Waals surface area contributed by atoms with Gasteiger partial charge in [0.15, 0.2) is 16.8 Å². The van der Waals surface area contributed by atoms with Crippen molar-refractivity contribution in [2.75, 3.05) is 37.1 Å². The van der Waals surface area contributed by atoms with Crippen molar-refractivity contribution in [1.82, 2.24) is 24.7 Å². The number of benzene rings is 2. The summed E-state index contributed by atoms with van der Waals surface area (Å²) in [5.41, 5.74) is 4.17. The summed E-state index contributed by atoms with van der Waals surface area (Å²) in [5.74, 6) is 3.22. The molecule has 1 aliphatic carbocycles. The van der Waals surface area contributed by atoms with Gasteiger partial charge >= 0.3 is 0 Å². The molecule has 0 atom stereocenters. The van der Waals surface area contributed by atoms with Crippen molar-refractivity contribution in [2.45, 2.75) is 45.2 Å². The van der Waals surface area contributed by atoms with Crippen molar-refractivity contribution in [2.24, 2.45) is 5.92 Å². The number of anilines is 3. The van der Waals surface area contributed by atoms with E-state index in [0.29, 0.717) is 25.0 Å². The van der Waals surface area contributed by atoms with Crippen molar-refractivity contribution < 1.29 is 13.9 Å². The van der Waals surface area contributed by atoms with Crippen LogP contribution in [0, 0.1) is 11.7 Å². The minimum Gasteiger partial charge on any atom is -0.497 e. The summed E-state index contributed by atoms with van der Waals surface area (Å²) in [4.78, 5) is 19.5. The van der Waals surface area contributed by atoms with Crippen molar-refractivity contribution >= 4 is 28.2 Å². The standard InChI is InChI=1S/C34H36FN7O2S/c1-43-27-11-7-24(8-12-27)20-41-22-29-31-30(15-16-40(32(29)39-41)19-23-5-3-4-6-23)45-34(38-31)42(33-36-17-26(35)18-37-33)21-25-9-13-28(44-2)14-10-25/h7-14,17-18,22-23H,3-6,15-16,19-21H2,1-2H3. The Hall–Kier alpha value is -4.51. The Labute approximate surface area is 266 Å². The Bertz CT molecular complexity index is 1730. The van der Waals surface area contributed by atoms with E-state index >= 15 is 0 Å². The summed E-state index contributed by atoms with van der Waals surface area (Å²) in [6.45, 7) is 3.01. The molecule has 4 heterocycles. The van der Waals surface area contributed by atoms with Crippen molar-refractivity contribution in [1.29, 1.82) is 0 Å². The fourth-order valence-corrected chi connectivity index (χ4v) is 7.31. The van der Waals surface area contributed by atoms with E-state index < -0.39 is 5.82 Å². The minimum absolute atomic E-state index is 0.398. The summed E-state index contributed by atoms with van der Waals surface area (Å²) in [7, 11) is 3.33. The fraction of sp³-hybridized carbons (Fsp3) is 0.353. The smallest absolute Gasteiger partial charge is 0.232 e. The summed E-state index contributed by atoms with van der Waals surface area (Å²) >= 11 is 1.65. The van der Waals surface area contributed by atoms with Gasteiger partial charge in [-0.25, -0.2) is 19.3 Å². The Morgan fingerprint density at radius 1 is 0.933 bits per heavy atom. The van der Waals surface area contributed by atoms with E-state index in [1.807, 2.05) is 46.0 Å². The van der Waals surface area contributed by atoms with Gasteiger partial charge < -0.3 is 14.4 Å². The lowest BCUT2D eigenvalue weighted by molar-refractivity contribution is 0.414. The van der Waals surface area contributed by atoms with E-state index in [1.54, 1.807) is 25.6 Å². The molecular formula is C34H36FN7O2S. The maximum Gasteiger partial charge on any atom is 0.232 e. The highest BCUT2D eigenvalue weighted by molar-refractivity contribution is 7.16. The number of hydrogen-bond acceptors (Lipinski definition) is 9. The first-order valence-electron chi connectivity index (χ1n) is 15.4.